The van der Waals surface area contributed by atoms with Crippen molar-refractivity contribution in [3.8, 4) is 0 Å². The minimum absolute atomic E-state index is 0.0239. The van der Waals surface area contributed by atoms with Gasteiger partial charge in [-0.1, -0.05) is 6.92 Å². The third kappa shape index (κ3) is 2.84. The number of sulfonamides is 1. The molecular formula is C11H16BrFN2O2S. The summed E-state index contributed by atoms with van der Waals surface area (Å²) in [6.07, 6.45) is 0.685. The lowest BCUT2D eigenvalue weighted by atomic mass is 10.3. The molecule has 1 rings (SSSR count). The van der Waals surface area contributed by atoms with Gasteiger partial charge < -0.3 is 5.73 Å². The van der Waals surface area contributed by atoms with E-state index in [9.17, 15) is 12.8 Å². The molecule has 0 fully saturated rings. The Kier molecular flexibility index (Phi) is 4.74. The summed E-state index contributed by atoms with van der Waals surface area (Å²) in [4.78, 5) is -0.0239. The van der Waals surface area contributed by atoms with Crippen LogP contribution in [0.5, 0.6) is 0 Å². The molecule has 0 aromatic heterocycles. The second kappa shape index (κ2) is 5.54. The molecule has 102 valence electrons. The van der Waals surface area contributed by atoms with Crippen LogP contribution in [0.25, 0.3) is 0 Å². The van der Waals surface area contributed by atoms with E-state index in [0.29, 0.717) is 6.42 Å². The van der Waals surface area contributed by atoms with Gasteiger partial charge in [-0.05, 0) is 41.4 Å². The fraction of sp³-hybridized carbons (Fsp3) is 0.455. The molecular weight excluding hydrogens is 323 g/mol. The van der Waals surface area contributed by atoms with Gasteiger partial charge in [-0.3, -0.25) is 0 Å². The molecule has 0 aliphatic carbocycles. The van der Waals surface area contributed by atoms with Crippen molar-refractivity contribution in [2.75, 3.05) is 12.8 Å². The van der Waals surface area contributed by atoms with Crippen LogP contribution in [0.2, 0.25) is 0 Å². The number of nitrogens with zero attached hydrogens (tertiary/aromatic N) is 1. The van der Waals surface area contributed by atoms with Crippen LogP contribution in [0.15, 0.2) is 21.5 Å². The number of hydrogen-bond donors (Lipinski definition) is 1. The van der Waals surface area contributed by atoms with E-state index in [0.717, 1.165) is 12.1 Å². The molecule has 0 radical (unpaired) electrons. The predicted molar refractivity (Wildman–Crippen MR) is 73.2 cm³/mol. The topological polar surface area (TPSA) is 63.4 Å². The first-order chi connectivity index (χ1) is 8.21. The maximum absolute atomic E-state index is 13.2. The Bertz CT molecular complexity index is 548. The Morgan fingerprint density at radius 3 is 2.56 bits per heavy atom. The van der Waals surface area contributed by atoms with Crippen molar-refractivity contribution < 1.29 is 12.8 Å². The number of nitrogen functional groups attached to an aromatic ring is 1. The Labute approximate surface area is 115 Å². The largest absolute Gasteiger partial charge is 0.396 e. The summed E-state index contributed by atoms with van der Waals surface area (Å²) in [6, 6.07) is 2.05. The van der Waals surface area contributed by atoms with Crippen LogP contribution in [0.3, 0.4) is 0 Å². The van der Waals surface area contributed by atoms with E-state index in [1.165, 1.54) is 11.4 Å². The fourth-order valence-corrected chi connectivity index (χ4v) is 3.84. The monoisotopic (exact) mass is 338 g/mol. The van der Waals surface area contributed by atoms with Gasteiger partial charge in [-0.25, -0.2) is 12.8 Å². The summed E-state index contributed by atoms with van der Waals surface area (Å²) in [5, 5.41) is 0. The van der Waals surface area contributed by atoms with Gasteiger partial charge in [0.15, 0.2) is 0 Å². The van der Waals surface area contributed by atoms with Crippen molar-refractivity contribution in [2.24, 2.45) is 0 Å². The van der Waals surface area contributed by atoms with Gasteiger partial charge in [0, 0.05) is 17.6 Å². The Hall–Kier alpha value is -0.660. The molecule has 4 nitrogen and oxygen atoms in total. The van der Waals surface area contributed by atoms with Crippen molar-refractivity contribution in [1.82, 2.24) is 4.31 Å². The van der Waals surface area contributed by atoms with E-state index in [-0.39, 0.29) is 21.1 Å². The number of anilines is 1. The fourth-order valence-electron chi connectivity index (χ4n) is 1.39. The molecule has 2 N–H and O–H groups in total. The summed E-state index contributed by atoms with van der Waals surface area (Å²) < 4.78 is 39.3. The molecule has 0 bridgehead atoms. The van der Waals surface area contributed by atoms with E-state index in [4.69, 9.17) is 5.73 Å². The minimum atomic E-state index is -3.68. The minimum Gasteiger partial charge on any atom is -0.396 e. The maximum atomic E-state index is 13.2. The van der Waals surface area contributed by atoms with Gasteiger partial charge in [-0.15, -0.1) is 0 Å². The van der Waals surface area contributed by atoms with Crippen LogP contribution in [0, 0.1) is 5.82 Å². The van der Waals surface area contributed by atoms with Gasteiger partial charge in [0.25, 0.3) is 0 Å². The van der Waals surface area contributed by atoms with E-state index in [2.05, 4.69) is 15.9 Å². The highest BCUT2D eigenvalue weighted by Crippen LogP contribution is 2.29. The van der Waals surface area contributed by atoms with Crippen molar-refractivity contribution in [3.05, 3.63) is 22.4 Å². The standard InChI is InChI=1S/C11H16BrFN2O2S/c1-4-7(2)15(3)18(16,17)11-6-10(14)9(13)5-8(11)12/h5-7H,4,14H2,1-3H3. The van der Waals surface area contributed by atoms with Crippen molar-refractivity contribution in [1.29, 1.82) is 0 Å². The van der Waals surface area contributed by atoms with Gasteiger partial charge in [0.2, 0.25) is 10.0 Å². The molecule has 0 spiro atoms. The van der Waals surface area contributed by atoms with Crippen LogP contribution in [-0.2, 0) is 10.0 Å². The van der Waals surface area contributed by atoms with Gasteiger partial charge in [-0.2, -0.15) is 4.31 Å². The number of rotatable bonds is 4. The third-order valence-electron chi connectivity index (χ3n) is 2.92. The summed E-state index contributed by atoms with van der Waals surface area (Å²) in [6.45, 7) is 3.70. The zero-order valence-electron chi connectivity index (χ0n) is 10.4. The first-order valence-corrected chi connectivity index (χ1v) is 7.67. The molecule has 18 heavy (non-hydrogen) atoms. The molecule has 0 amide bonds. The average Bonchev–Trinajstić information content (AvgIpc) is 2.31. The highest BCUT2D eigenvalue weighted by atomic mass is 79.9. The van der Waals surface area contributed by atoms with E-state index in [1.54, 1.807) is 6.92 Å². The van der Waals surface area contributed by atoms with Crippen LogP contribution in [0.4, 0.5) is 10.1 Å². The second-order valence-corrected chi connectivity index (χ2v) is 6.90. The van der Waals surface area contributed by atoms with Crippen LogP contribution in [0.1, 0.15) is 20.3 Å². The molecule has 1 aromatic rings. The average molecular weight is 339 g/mol. The highest BCUT2D eigenvalue weighted by molar-refractivity contribution is 9.10. The molecule has 0 saturated carbocycles. The van der Waals surface area contributed by atoms with Crippen LogP contribution < -0.4 is 5.73 Å². The lowest BCUT2D eigenvalue weighted by molar-refractivity contribution is 0.380. The lowest BCUT2D eigenvalue weighted by Gasteiger charge is -2.23. The lowest BCUT2D eigenvalue weighted by Crippen LogP contribution is -2.34. The molecule has 7 heteroatoms. The Balaban J connectivity index is 3.33. The van der Waals surface area contributed by atoms with Crippen molar-refractivity contribution >= 4 is 31.6 Å². The maximum Gasteiger partial charge on any atom is 0.244 e. The number of halogens is 2. The SMILES string of the molecule is CCC(C)N(C)S(=O)(=O)c1cc(N)c(F)cc1Br. The van der Waals surface area contributed by atoms with E-state index in [1.807, 2.05) is 6.92 Å². The molecule has 1 aromatic carbocycles. The molecule has 0 saturated heterocycles. The van der Waals surface area contributed by atoms with Gasteiger partial charge in [0.1, 0.15) is 5.82 Å². The second-order valence-electron chi connectivity index (χ2n) is 4.08. The number of hydrogen-bond acceptors (Lipinski definition) is 3. The van der Waals surface area contributed by atoms with Crippen LogP contribution in [-0.4, -0.2) is 25.8 Å². The molecule has 0 heterocycles. The van der Waals surface area contributed by atoms with E-state index >= 15 is 0 Å². The molecule has 1 atom stereocenters. The summed E-state index contributed by atoms with van der Waals surface area (Å²) in [5.74, 6) is -0.646. The number of benzene rings is 1. The number of nitrogens with two attached hydrogens (primary N) is 1. The normalized spacial score (nSPS) is 13.9. The Morgan fingerprint density at radius 1 is 1.50 bits per heavy atom. The third-order valence-corrected chi connectivity index (χ3v) is 5.85. The van der Waals surface area contributed by atoms with E-state index < -0.39 is 15.8 Å². The molecule has 0 aliphatic rings. The first kappa shape index (κ1) is 15.4. The summed E-state index contributed by atoms with van der Waals surface area (Å²) in [7, 11) is -2.18. The highest BCUT2D eigenvalue weighted by Gasteiger charge is 2.27. The molecule has 1 unspecified atom stereocenters. The molecule has 0 aliphatic heterocycles. The van der Waals surface area contributed by atoms with Gasteiger partial charge >= 0.3 is 0 Å². The first-order valence-electron chi connectivity index (χ1n) is 5.44. The summed E-state index contributed by atoms with van der Waals surface area (Å²) in [5.41, 5.74) is 5.23. The summed E-state index contributed by atoms with van der Waals surface area (Å²) >= 11 is 3.06. The zero-order valence-corrected chi connectivity index (χ0v) is 12.8. The quantitative estimate of drug-likeness (QED) is 0.858. The Morgan fingerprint density at radius 2 is 2.06 bits per heavy atom. The van der Waals surface area contributed by atoms with Crippen molar-refractivity contribution in [2.45, 2.75) is 31.2 Å². The zero-order chi connectivity index (χ0) is 14.1. The van der Waals surface area contributed by atoms with Gasteiger partial charge in [0.05, 0.1) is 10.6 Å². The van der Waals surface area contributed by atoms with Crippen molar-refractivity contribution in [3.63, 3.8) is 0 Å². The van der Waals surface area contributed by atoms with Crippen LogP contribution >= 0.6 is 15.9 Å². The smallest absolute Gasteiger partial charge is 0.244 e. The predicted octanol–water partition coefficient (Wildman–Crippen LogP) is 2.59.